The number of halogens is 1. The Morgan fingerprint density at radius 2 is 1.86 bits per heavy atom. The van der Waals surface area contributed by atoms with Crippen LogP contribution in [0.3, 0.4) is 0 Å². The normalized spacial score (nSPS) is 21.2. The van der Waals surface area contributed by atoms with Gasteiger partial charge in [0.25, 0.3) is 0 Å². The van der Waals surface area contributed by atoms with Gasteiger partial charge in [-0.05, 0) is 37.5 Å². The molecule has 1 aromatic carbocycles. The number of piperazine rings is 1. The van der Waals surface area contributed by atoms with Crippen LogP contribution in [-0.2, 0) is 9.84 Å². The van der Waals surface area contributed by atoms with Gasteiger partial charge in [-0.25, -0.2) is 23.2 Å². The summed E-state index contributed by atoms with van der Waals surface area (Å²) in [4.78, 5) is 25.7. The third-order valence-electron chi connectivity index (χ3n) is 6.95. The van der Waals surface area contributed by atoms with E-state index in [1.165, 1.54) is 12.8 Å². The molecule has 0 amide bonds. The maximum Gasteiger partial charge on any atom is 0.341 e. The Kier molecular flexibility index (Phi) is 6.29. The number of anilines is 2. The number of sulfone groups is 1. The lowest BCUT2D eigenvalue weighted by atomic mass is 10.2. The highest BCUT2D eigenvalue weighted by molar-refractivity contribution is 7.92. The number of aromatic nitrogens is 2. The summed E-state index contributed by atoms with van der Waals surface area (Å²) >= 11 is 6.50. The average Bonchev–Trinajstić information content (AvgIpc) is 3.58. The third kappa shape index (κ3) is 4.66. The van der Waals surface area contributed by atoms with E-state index in [1.807, 2.05) is 6.07 Å². The van der Waals surface area contributed by atoms with E-state index in [2.05, 4.69) is 19.8 Å². The lowest BCUT2D eigenvalue weighted by molar-refractivity contribution is 0.0696. The van der Waals surface area contributed by atoms with Gasteiger partial charge in [0.15, 0.2) is 9.84 Å². The SMILES string of the molecule is N#Cc1ncc(C(=O)O)c(N2CCC(S(=O)(=O)c3ccc(N4CCN(C5CC5)CC4)cc3Cl)C2)n1. The Morgan fingerprint density at radius 1 is 1.11 bits per heavy atom. The van der Waals surface area contributed by atoms with Crippen LogP contribution in [0.5, 0.6) is 0 Å². The summed E-state index contributed by atoms with van der Waals surface area (Å²) in [5.41, 5.74) is 0.736. The molecular weight excluding hydrogens is 492 g/mol. The summed E-state index contributed by atoms with van der Waals surface area (Å²) in [5, 5.41) is 18.0. The fourth-order valence-corrected chi connectivity index (χ4v) is 7.11. The smallest absolute Gasteiger partial charge is 0.341 e. The molecule has 2 saturated heterocycles. The van der Waals surface area contributed by atoms with Crippen molar-refractivity contribution in [1.29, 1.82) is 5.26 Å². The highest BCUT2D eigenvalue weighted by Gasteiger charge is 2.38. The van der Waals surface area contributed by atoms with Crippen molar-refractivity contribution in [3.63, 3.8) is 0 Å². The summed E-state index contributed by atoms with van der Waals surface area (Å²) in [6.07, 6.45) is 3.93. The molecule has 1 saturated carbocycles. The molecular formula is C23H25ClN6O4S. The van der Waals surface area contributed by atoms with Gasteiger partial charge in [0.1, 0.15) is 17.5 Å². The predicted molar refractivity (Wildman–Crippen MR) is 130 cm³/mol. The van der Waals surface area contributed by atoms with E-state index in [0.717, 1.165) is 44.1 Å². The van der Waals surface area contributed by atoms with Crippen LogP contribution in [-0.4, -0.2) is 84.9 Å². The molecule has 5 rings (SSSR count). The fraction of sp³-hybridized carbons (Fsp3) is 0.478. The molecule has 1 aliphatic carbocycles. The molecule has 35 heavy (non-hydrogen) atoms. The molecule has 2 aliphatic heterocycles. The number of carboxylic acid groups (broad SMARTS) is 1. The minimum absolute atomic E-state index is 0.0473. The topological polar surface area (TPSA) is 131 Å². The van der Waals surface area contributed by atoms with E-state index in [0.29, 0.717) is 0 Å². The van der Waals surface area contributed by atoms with Gasteiger partial charge < -0.3 is 14.9 Å². The van der Waals surface area contributed by atoms with Crippen LogP contribution in [0, 0.1) is 11.3 Å². The quantitative estimate of drug-likeness (QED) is 0.608. The van der Waals surface area contributed by atoms with Crippen molar-refractivity contribution in [2.75, 3.05) is 49.1 Å². The standard InChI is InChI=1S/C23H25ClN6O4S/c24-19-11-16(29-9-7-28(8-10-29)15-1-2-15)3-4-20(19)35(33,34)17-5-6-30(14-17)22-18(23(31)32)13-26-21(12-25)27-22/h3-4,11,13,15,17H,1-2,5-10,14H2,(H,31,32). The van der Waals surface area contributed by atoms with Gasteiger partial charge in [-0.3, -0.25) is 4.90 Å². The minimum atomic E-state index is -3.77. The van der Waals surface area contributed by atoms with E-state index >= 15 is 0 Å². The number of hydrogen-bond donors (Lipinski definition) is 1. The first-order valence-corrected chi connectivity index (χ1v) is 13.5. The Hall–Kier alpha value is -2.94. The second kappa shape index (κ2) is 9.26. The van der Waals surface area contributed by atoms with Crippen LogP contribution >= 0.6 is 11.6 Å². The lowest BCUT2D eigenvalue weighted by Gasteiger charge is -2.36. The molecule has 1 unspecified atom stereocenters. The van der Waals surface area contributed by atoms with Crippen LogP contribution in [0.1, 0.15) is 35.4 Å². The molecule has 1 atom stereocenters. The Labute approximate surface area is 208 Å². The summed E-state index contributed by atoms with van der Waals surface area (Å²) < 4.78 is 26.9. The van der Waals surface area contributed by atoms with Gasteiger partial charge in [0.2, 0.25) is 5.82 Å². The molecule has 0 radical (unpaired) electrons. The largest absolute Gasteiger partial charge is 0.477 e. The minimum Gasteiger partial charge on any atom is -0.477 e. The van der Waals surface area contributed by atoms with Crippen molar-refractivity contribution >= 4 is 38.9 Å². The number of rotatable bonds is 6. The van der Waals surface area contributed by atoms with Crippen molar-refractivity contribution in [3.05, 3.63) is 40.8 Å². The summed E-state index contributed by atoms with van der Waals surface area (Å²) in [7, 11) is -3.77. The second-order valence-electron chi connectivity index (χ2n) is 9.12. The van der Waals surface area contributed by atoms with E-state index < -0.39 is 21.1 Å². The molecule has 0 spiro atoms. The Balaban J connectivity index is 1.32. The maximum atomic E-state index is 13.5. The van der Waals surface area contributed by atoms with Crippen molar-refractivity contribution < 1.29 is 18.3 Å². The van der Waals surface area contributed by atoms with Crippen LogP contribution in [0.2, 0.25) is 5.02 Å². The molecule has 0 bridgehead atoms. The number of benzene rings is 1. The van der Waals surface area contributed by atoms with Gasteiger partial charge in [0.05, 0.1) is 15.2 Å². The fourth-order valence-electron chi connectivity index (χ4n) is 4.87. The number of carboxylic acids is 1. The maximum absolute atomic E-state index is 13.5. The molecule has 3 heterocycles. The first kappa shape index (κ1) is 23.8. The van der Waals surface area contributed by atoms with Crippen LogP contribution in [0.25, 0.3) is 0 Å². The third-order valence-corrected chi connectivity index (χ3v) is 9.60. The van der Waals surface area contributed by atoms with Crippen molar-refractivity contribution in [1.82, 2.24) is 14.9 Å². The van der Waals surface area contributed by atoms with Gasteiger partial charge in [-0.15, -0.1) is 0 Å². The zero-order valence-corrected chi connectivity index (χ0v) is 20.5. The number of nitrogens with zero attached hydrogens (tertiary/aromatic N) is 6. The van der Waals surface area contributed by atoms with Crippen molar-refractivity contribution in [3.8, 4) is 6.07 Å². The number of carbonyl (C=O) groups is 1. The monoisotopic (exact) mass is 516 g/mol. The Morgan fingerprint density at radius 3 is 2.49 bits per heavy atom. The molecule has 3 aliphatic rings. The van der Waals surface area contributed by atoms with E-state index in [-0.39, 0.29) is 46.6 Å². The van der Waals surface area contributed by atoms with Crippen molar-refractivity contribution in [2.45, 2.75) is 35.4 Å². The van der Waals surface area contributed by atoms with Gasteiger partial charge >= 0.3 is 5.97 Å². The highest BCUT2D eigenvalue weighted by atomic mass is 35.5. The number of nitriles is 1. The second-order valence-corrected chi connectivity index (χ2v) is 11.7. The number of aromatic carboxylic acids is 1. The molecule has 3 fully saturated rings. The number of hydrogen-bond acceptors (Lipinski definition) is 9. The van der Waals surface area contributed by atoms with Crippen LogP contribution in [0.4, 0.5) is 11.5 Å². The van der Waals surface area contributed by atoms with Crippen molar-refractivity contribution in [2.24, 2.45) is 0 Å². The highest BCUT2D eigenvalue weighted by Crippen LogP contribution is 2.34. The summed E-state index contributed by atoms with van der Waals surface area (Å²) in [6, 6.07) is 7.63. The van der Waals surface area contributed by atoms with E-state index in [9.17, 15) is 18.3 Å². The van der Waals surface area contributed by atoms with E-state index in [4.69, 9.17) is 16.9 Å². The first-order valence-electron chi connectivity index (χ1n) is 11.6. The van der Waals surface area contributed by atoms with Gasteiger partial charge in [-0.2, -0.15) is 5.26 Å². The van der Waals surface area contributed by atoms with Crippen LogP contribution in [0.15, 0.2) is 29.3 Å². The molecule has 2 aromatic rings. The zero-order chi connectivity index (χ0) is 24.7. The summed E-state index contributed by atoms with van der Waals surface area (Å²) in [5.74, 6) is -1.37. The molecule has 184 valence electrons. The lowest BCUT2D eigenvalue weighted by Crippen LogP contribution is -2.47. The molecule has 1 N–H and O–H groups in total. The zero-order valence-electron chi connectivity index (χ0n) is 19.0. The first-order chi connectivity index (χ1) is 16.8. The van der Waals surface area contributed by atoms with Crippen LogP contribution < -0.4 is 9.80 Å². The Bertz CT molecular complexity index is 1300. The summed E-state index contributed by atoms with van der Waals surface area (Å²) in [6.45, 7) is 4.08. The van der Waals surface area contributed by atoms with Gasteiger partial charge in [0, 0.05) is 57.2 Å². The average molecular weight is 517 g/mol. The van der Waals surface area contributed by atoms with Gasteiger partial charge in [-0.1, -0.05) is 11.6 Å². The molecule has 10 nitrogen and oxygen atoms in total. The van der Waals surface area contributed by atoms with E-state index in [1.54, 1.807) is 23.1 Å². The predicted octanol–water partition coefficient (Wildman–Crippen LogP) is 2.04. The molecule has 12 heteroatoms. The molecule has 1 aromatic heterocycles.